The van der Waals surface area contributed by atoms with E-state index in [1.165, 1.54) is 26.5 Å². The summed E-state index contributed by atoms with van der Waals surface area (Å²) < 4.78 is 52.5. The third kappa shape index (κ3) is 3.63. The summed E-state index contributed by atoms with van der Waals surface area (Å²) in [5, 5.41) is 8.62. The second-order valence-corrected chi connectivity index (χ2v) is 8.68. The van der Waals surface area contributed by atoms with E-state index in [-0.39, 0.29) is 22.3 Å². The van der Waals surface area contributed by atoms with Crippen LogP contribution in [0.5, 0.6) is 17.4 Å². The molecule has 3 aromatic heterocycles. The molecule has 1 aliphatic heterocycles. The highest BCUT2D eigenvalue weighted by molar-refractivity contribution is 7.93. The van der Waals surface area contributed by atoms with E-state index in [2.05, 4.69) is 20.0 Å². The van der Waals surface area contributed by atoms with Crippen molar-refractivity contribution in [3.63, 3.8) is 0 Å². The van der Waals surface area contributed by atoms with Crippen LogP contribution in [0.25, 0.3) is 17.0 Å². The summed E-state index contributed by atoms with van der Waals surface area (Å²) in [4.78, 5) is 3.72. The molecular weight excluding hydrogens is 450 g/mol. The zero-order valence-corrected chi connectivity index (χ0v) is 18.5. The molecule has 1 aliphatic rings. The van der Waals surface area contributed by atoms with Crippen LogP contribution >= 0.6 is 0 Å². The number of sulfonamides is 1. The summed E-state index contributed by atoms with van der Waals surface area (Å²) in [7, 11) is -1.53. The Bertz CT molecular complexity index is 1440. The Kier molecular flexibility index (Phi) is 5.13. The highest BCUT2D eigenvalue weighted by Gasteiger charge is 2.30. The van der Waals surface area contributed by atoms with Gasteiger partial charge in [0.15, 0.2) is 16.3 Å². The van der Waals surface area contributed by atoms with Crippen LogP contribution in [0.2, 0.25) is 0 Å². The summed E-state index contributed by atoms with van der Waals surface area (Å²) in [6.07, 6.45) is 8.73. The molecule has 0 atom stereocenters. The minimum atomic E-state index is -4.21. The Balaban J connectivity index is 1.62. The first-order valence-electron chi connectivity index (χ1n) is 9.83. The van der Waals surface area contributed by atoms with Crippen LogP contribution in [-0.2, 0) is 16.6 Å². The lowest BCUT2D eigenvalue weighted by atomic mass is 10.0. The van der Waals surface area contributed by atoms with Crippen molar-refractivity contribution < 1.29 is 27.2 Å². The number of hydrogen-bond acceptors (Lipinski definition) is 9. The van der Waals surface area contributed by atoms with Crippen LogP contribution in [0.15, 0.2) is 52.3 Å². The molecule has 0 radical (unpaired) electrons. The van der Waals surface area contributed by atoms with Gasteiger partial charge in [0.2, 0.25) is 5.88 Å². The first kappa shape index (κ1) is 20.8. The third-order valence-electron chi connectivity index (χ3n) is 5.09. The fraction of sp³-hybridized carbons (Fsp3) is 0.190. The molecule has 0 bridgehead atoms. The number of fused-ring (bicyclic) bond motifs is 3. The van der Waals surface area contributed by atoms with Crippen molar-refractivity contribution in [2.45, 2.75) is 11.4 Å². The molecule has 0 saturated heterocycles. The van der Waals surface area contributed by atoms with Crippen molar-refractivity contribution in [3.8, 4) is 17.4 Å². The molecule has 0 aliphatic carbocycles. The molecule has 0 unspecified atom stereocenters. The lowest BCUT2D eigenvalue weighted by Gasteiger charge is -2.18. The number of hydrogen-bond donors (Lipinski definition) is 1. The highest BCUT2D eigenvalue weighted by atomic mass is 32.2. The summed E-state index contributed by atoms with van der Waals surface area (Å²) in [6.45, 7) is 0.805. The lowest BCUT2D eigenvalue weighted by Crippen LogP contribution is -2.16. The molecule has 5 rings (SSSR count). The minimum absolute atomic E-state index is 0.0184. The van der Waals surface area contributed by atoms with E-state index < -0.39 is 10.0 Å². The normalized spacial score (nSPS) is 12.9. The fourth-order valence-electron chi connectivity index (χ4n) is 3.68. The van der Waals surface area contributed by atoms with Gasteiger partial charge < -0.3 is 18.7 Å². The first-order valence-corrected chi connectivity index (χ1v) is 11.3. The number of pyridine rings is 1. The largest absolute Gasteiger partial charge is 0.495 e. The Hall–Kier alpha value is -4.06. The van der Waals surface area contributed by atoms with Crippen LogP contribution in [0, 0.1) is 0 Å². The Morgan fingerprint density at radius 1 is 1.24 bits per heavy atom. The Morgan fingerprint density at radius 3 is 2.88 bits per heavy atom. The van der Waals surface area contributed by atoms with E-state index in [9.17, 15) is 8.42 Å². The van der Waals surface area contributed by atoms with Crippen molar-refractivity contribution in [3.05, 3.63) is 54.0 Å². The van der Waals surface area contributed by atoms with Gasteiger partial charge in [-0.2, -0.15) is 5.10 Å². The number of anilines is 1. The van der Waals surface area contributed by atoms with Crippen molar-refractivity contribution in [1.29, 1.82) is 0 Å². The maximum absolute atomic E-state index is 13.3. The topological polar surface area (TPSA) is 131 Å². The average Bonchev–Trinajstić information content (AvgIpc) is 3.48. The molecule has 0 saturated carbocycles. The Labute approximate surface area is 188 Å². The molecule has 0 spiro atoms. The predicted molar refractivity (Wildman–Crippen MR) is 118 cm³/mol. The van der Waals surface area contributed by atoms with Gasteiger partial charge in [-0.3, -0.25) is 9.40 Å². The summed E-state index contributed by atoms with van der Waals surface area (Å²) in [6, 6.07) is 5.06. The van der Waals surface area contributed by atoms with Gasteiger partial charge in [-0.15, -0.1) is 0 Å². The van der Waals surface area contributed by atoms with E-state index in [1.807, 2.05) is 24.4 Å². The third-order valence-corrected chi connectivity index (χ3v) is 6.47. The molecule has 0 fully saturated rings. The van der Waals surface area contributed by atoms with E-state index >= 15 is 0 Å². The van der Waals surface area contributed by atoms with Gasteiger partial charge in [0.25, 0.3) is 10.0 Å². The zero-order chi connectivity index (χ0) is 23.0. The van der Waals surface area contributed by atoms with Gasteiger partial charge in [-0.1, -0.05) is 11.2 Å². The number of ether oxygens (including phenoxy) is 3. The monoisotopic (exact) mass is 469 g/mol. The van der Waals surface area contributed by atoms with Gasteiger partial charge in [0, 0.05) is 30.2 Å². The molecule has 11 nitrogen and oxygen atoms in total. The zero-order valence-electron chi connectivity index (χ0n) is 17.7. The quantitative estimate of drug-likeness (QED) is 0.434. The molecule has 0 amide bonds. The van der Waals surface area contributed by atoms with Gasteiger partial charge in [-0.05, 0) is 23.8 Å². The van der Waals surface area contributed by atoms with Gasteiger partial charge >= 0.3 is 0 Å². The molecule has 4 aromatic rings. The lowest BCUT2D eigenvalue weighted by molar-refractivity contribution is 0.361. The number of aromatic nitrogens is 4. The van der Waals surface area contributed by atoms with Crippen molar-refractivity contribution >= 4 is 32.9 Å². The first-order chi connectivity index (χ1) is 16.0. The average molecular weight is 469 g/mol. The van der Waals surface area contributed by atoms with Gasteiger partial charge in [0.05, 0.1) is 20.8 Å². The summed E-state index contributed by atoms with van der Waals surface area (Å²) in [5.74, 6) is 0.415. The number of rotatable bonds is 7. The summed E-state index contributed by atoms with van der Waals surface area (Å²) >= 11 is 0. The second kappa shape index (κ2) is 8.13. The fourth-order valence-corrected chi connectivity index (χ4v) is 4.96. The maximum atomic E-state index is 13.3. The van der Waals surface area contributed by atoms with Crippen LogP contribution in [0.4, 0.5) is 5.82 Å². The van der Waals surface area contributed by atoms with Crippen molar-refractivity contribution in [1.82, 2.24) is 19.9 Å². The van der Waals surface area contributed by atoms with E-state index in [0.717, 1.165) is 11.1 Å². The number of benzene rings is 1. The molecular formula is C21H19N5O6S. The molecule has 12 heteroatoms. The van der Waals surface area contributed by atoms with E-state index in [0.29, 0.717) is 29.9 Å². The van der Waals surface area contributed by atoms with Crippen molar-refractivity contribution in [2.75, 3.05) is 25.5 Å². The van der Waals surface area contributed by atoms with Crippen LogP contribution < -0.4 is 18.9 Å². The SMILES string of the molecule is COc1ccnc(OC)c1S(=O)(=O)Nc1noc2cc(Cn3cccn3)c3c(c12)OCC=C3. The number of methoxy groups -OCH3 is 2. The van der Waals surface area contributed by atoms with Gasteiger partial charge in [0.1, 0.15) is 23.5 Å². The van der Waals surface area contributed by atoms with Gasteiger partial charge in [-0.25, -0.2) is 13.4 Å². The summed E-state index contributed by atoms with van der Waals surface area (Å²) in [5.41, 5.74) is 2.05. The molecule has 33 heavy (non-hydrogen) atoms. The van der Waals surface area contributed by atoms with Crippen LogP contribution in [0.3, 0.4) is 0 Å². The Morgan fingerprint density at radius 2 is 2.12 bits per heavy atom. The minimum Gasteiger partial charge on any atom is -0.495 e. The second-order valence-electron chi connectivity index (χ2n) is 7.06. The number of nitrogens with one attached hydrogen (secondary N) is 1. The van der Waals surface area contributed by atoms with Crippen LogP contribution in [0.1, 0.15) is 11.1 Å². The highest BCUT2D eigenvalue weighted by Crippen LogP contribution is 2.41. The smallest absolute Gasteiger partial charge is 0.272 e. The molecule has 170 valence electrons. The van der Waals surface area contributed by atoms with E-state index in [4.69, 9.17) is 18.7 Å². The molecule has 1 N–H and O–H groups in total. The van der Waals surface area contributed by atoms with E-state index in [1.54, 1.807) is 16.9 Å². The molecule has 4 heterocycles. The maximum Gasteiger partial charge on any atom is 0.272 e. The van der Waals surface area contributed by atoms with Crippen molar-refractivity contribution in [2.24, 2.45) is 0 Å². The van der Waals surface area contributed by atoms with Crippen LogP contribution in [-0.4, -0.2) is 49.2 Å². The molecule has 1 aromatic carbocycles. The predicted octanol–water partition coefficient (Wildman–Crippen LogP) is 2.69. The standard InChI is InChI=1S/C21H19N5O6S/c1-29-15-6-8-22-21(30-2)19(15)33(27,28)25-20-17-16(32-24-20)11-13(12-26-9-4-7-23-26)14-5-3-10-31-18(14)17/h3-9,11H,10,12H2,1-2H3,(H,24,25). The number of nitrogens with zero attached hydrogens (tertiary/aromatic N) is 4.